The second kappa shape index (κ2) is 9.42. The Labute approximate surface area is 203 Å². The summed E-state index contributed by atoms with van der Waals surface area (Å²) in [6.45, 7) is 5.95. The zero-order valence-electron chi connectivity index (χ0n) is 19.7. The summed E-state index contributed by atoms with van der Waals surface area (Å²) in [5.41, 5.74) is 1.89. The van der Waals surface area contributed by atoms with Crippen LogP contribution in [0.4, 0.5) is 16.0 Å². The lowest BCUT2D eigenvalue weighted by Gasteiger charge is -2.37. The van der Waals surface area contributed by atoms with Gasteiger partial charge in [-0.15, -0.1) is 0 Å². The van der Waals surface area contributed by atoms with Crippen LogP contribution in [0.25, 0.3) is 11.6 Å². The van der Waals surface area contributed by atoms with Gasteiger partial charge in [-0.3, -0.25) is 0 Å². The van der Waals surface area contributed by atoms with Crippen LogP contribution in [0.2, 0.25) is 0 Å². The molecular weight excluding hydrogens is 471 g/mol. The van der Waals surface area contributed by atoms with E-state index in [0.29, 0.717) is 62.4 Å². The lowest BCUT2D eigenvalue weighted by Crippen LogP contribution is -2.49. The van der Waals surface area contributed by atoms with Crippen LogP contribution in [0.5, 0.6) is 0 Å². The molecule has 1 unspecified atom stereocenters. The minimum absolute atomic E-state index is 0.0767. The molecule has 1 atom stereocenters. The summed E-state index contributed by atoms with van der Waals surface area (Å²) in [5, 5.41) is 0. The van der Waals surface area contributed by atoms with Gasteiger partial charge < -0.3 is 9.80 Å². The number of hydrogen-bond acceptors (Lipinski definition) is 9. The molecule has 0 aliphatic carbocycles. The molecule has 3 aromatic heterocycles. The van der Waals surface area contributed by atoms with Crippen molar-refractivity contribution in [1.29, 1.82) is 0 Å². The van der Waals surface area contributed by atoms with Crippen molar-refractivity contribution in [3.8, 4) is 11.6 Å². The third kappa shape index (κ3) is 4.67. The second-order valence-electron chi connectivity index (χ2n) is 8.58. The molecule has 0 bridgehead atoms. The van der Waals surface area contributed by atoms with Crippen LogP contribution < -0.4 is 9.80 Å². The van der Waals surface area contributed by atoms with E-state index in [0.717, 1.165) is 11.3 Å². The normalized spacial score (nSPS) is 19.0. The predicted molar refractivity (Wildman–Crippen MR) is 130 cm³/mol. The number of aromatic nitrogens is 5. The van der Waals surface area contributed by atoms with Crippen molar-refractivity contribution >= 4 is 21.7 Å². The number of nitrogens with zero attached hydrogens (tertiary/aromatic N) is 8. The number of piperazine rings is 1. The van der Waals surface area contributed by atoms with Crippen molar-refractivity contribution in [3.05, 3.63) is 53.9 Å². The van der Waals surface area contributed by atoms with Gasteiger partial charge in [-0.1, -0.05) is 0 Å². The molecule has 0 radical (unpaired) electrons. The molecule has 1 fully saturated rings. The van der Waals surface area contributed by atoms with Gasteiger partial charge in [0.15, 0.2) is 11.6 Å². The van der Waals surface area contributed by atoms with Gasteiger partial charge in [0.2, 0.25) is 10.0 Å². The van der Waals surface area contributed by atoms with Gasteiger partial charge in [0.25, 0.3) is 0 Å². The topological polar surface area (TPSA) is 108 Å². The molecule has 0 amide bonds. The molecule has 5 rings (SSSR count). The van der Waals surface area contributed by atoms with Crippen LogP contribution in [0, 0.1) is 5.82 Å². The van der Waals surface area contributed by atoms with E-state index in [2.05, 4.69) is 24.8 Å². The minimum Gasteiger partial charge on any atom is -0.354 e. The van der Waals surface area contributed by atoms with E-state index in [1.807, 2.05) is 11.8 Å². The molecule has 10 nitrogen and oxygen atoms in total. The number of hydrogen-bond donors (Lipinski definition) is 0. The molecule has 2 aliphatic rings. The quantitative estimate of drug-likeness (QED) is 0.522. The van der Waals surface area contributed by atoms with Crippen LogP contribution >= 0.6 is 0 Å². The number of fused-ring (bicyclic) bond motifs is 1. The predicted octanol–water partition coefficient (Wildman–Crippen LogP) is 2.06. The average Bonchev–Trinajstić information content (AvgIpc) is 2.89. The summed E-state index contributed by atoms with van der Waals surface area (Å²) in [4.78, 5) is 26.3. The highest BCUT2D eigenvalue weighted by molar-refractivity contribution is 7.89. The Balaban J connectivity index is 1.36. The van der Waals surface area contributed by atoms with Crippen molar-refractivity contribution in [1.82, 2.24) is 29.2 Å². The lowest BCUT2D eigenvalue weighted by molar-refractivity contribution is 0.384. The Morgan fingerprint density at radius 3 is 2.40 bits per heavy atom. The Morgan fingerprint density at radius 1 is 0.971 bits per heavy atom. The molecule has 0 aromatic carbocycles. The van der Waals surface area contributed by atoms with Crippen molar-refractivity contribution in [2.45, 2.75) is 26.3 Å². The summed E-state index contributed by atoms with van der Waals surface area (Å²) in [5.74, 6) is 1.72. The summed E-state index contributed by atoms with van der Waals surface area (Å²) in [6, 6.07) is 4.49. The van der Waals surface area contributed by atoms with Crippen LogP contribution in [0.3, 0.4) is 0 Å². The highest BCUT2D eigenvalue weighted by Gasteiger charge is 2.30. The lowest BCUT2D eigenvalue weighted by atomic mass is 9.99. The fourth-order valence-corrected chi connectivity index (χ4v) is 5.64. The molecule has 3 aromatic rings. The number of pyridine rings is 1. The number of rotatable bonds is 5. The summed E-state index contributed by atoms with van der Waals surface area (Å²) < 4.78 is 40.5. The maximum absolute atomic E-state index is 14.7. The van der Waals surface area contributed by atoms with Crippen molar-refractivity contribution in [2.24, 2.45) is 0 Å². The monoisotopic (exact) mass is 498 g/mol. The maximum atomic E-state index is 14.7. The maximum Gasteiger partial charge on any atom is 0.213 e. The molecule has 12 heteroatoms. The molecule has 1 saturated heterocycles. The first-order valence-corrected chi connectivity index (χ1v) is 13.3. The van der Waals surface area contributed by atoms with Crippen LogP contribution in [-0.4, -0.2) is 76.1 Å². The highest BCUT2D eigenvalue weighted by Crippen LogP contribution is 2.33. The van der Waals surface area contributed by atoms with Gasteiger partial charge in [0, 0.05) is 75.4 Å². The van der Waals surface area contributed by atoms with Gasteiger partial charge in [-0.25, -0.2) is 37.7 Å². The first kappa shape index (κ1) is 23.5. The van der Waals surface area contributed by atoms with Crippen molar-refractivity contribution < 1.29 is 12.8 Å². The van der Waals surface area contributed by atoms with Crippen molar-refractivity contribution in [2.75, 3.05) is 48.3 Å². The smallest absolute Gasteiger partial charge is 0.213 e. The molecule has 35 heavy (non-hydrogen) atoms. The molecule has 2 aliphatic heterocycles. The fourth-order valence-electron chi connectivity index (χ4n) is 4.56. The van der Waals surface area contributed by atoms with E-state index < -0.39 is 10.0 Å². The van der Waals surface area contributed by atoms with Gasteiger partial charge in [0.1, 0.15) is 17.5 Å². The van der Waals surface area contributed by atoms with Crippen LogP contribution in [-0.2, 0) is 16.4 Å². The van der Waals surface area contributed by atoms with Crippen LogP contribution in [0.1, 0.15) is 31.1 Å². The number of anilines is 2. The van der Waals surface area contributed by atoms with E-state index in [1.165, 1.54) is 16.4 Å². The molecular formula is C23H27FN8O2S. The summed E-state index contributed by atoms with van der Waals surface area (Å²) >= 11 is 0. The second-order valence-corrected chi connectivity index (χ2v) is 10.8. The largest absolute Gasteiger partial charge is 0.354 e. The Bertz CT molecular complexity index is 1320. The van der Waals surface area contributed by atoms with E-state index in [4.69, 9.17) is 4.98 Å². The molecule has 0 N–H and O–H groups in total. The van der Waals surface area contributed by atoms with Gasteiger partial charge in [-0.05, 0) is 19.9 Å². The zero-order chi connectivity index (χ0) is 24.6. The molecule has 5 heterocycles. The Hall–Kier alpha value is -3.25. The third-order valence-electron chi connectivity index (χ3n) is 6.55. The van der Waals surface area contributed by atoms with Crippen molar-refractivity contribution in [3.63, 3.8) is 0 Å². The first-order chi connectivity index (χ1) is 16.9. The zero-order valence-corrected chi connectivity index (χ0v) is 20.5. The van der Waals surface area contributed by atoms with Gasteiger partial charge in [0.05, 0.1) is 17.5 Å². The van der Waals surface area contributed by atoms with Gasteiger partial charge in [-0.2, -0.15) is 4.31 Å². The fraction of sp³-hybridized carbons (Fsp3) is 0.435. The summed E-state index contributed by atoms with van der Waals surface area (Å²) in [6.07, 6.45) is 5.76. The average molecular weight is 499 g/mol. The van der Waals surface area contributed by atoms with Gasteiger partial charge >= 0.3 is 0 Å². The Kier molecular flexibility index (Phi) is 6.32. The number of sulfonamides is 1. The van der Waals surface area contributed by atoms with E-state index in [-0.39, 0.29) is 17.6 Å². The Morgan fingerprint density at radius 2 is 1.69 bits per heavy atom. The molecule has 0 saturated carbocycles. The van der Waals surface area contributed by atoms with E-state index >= 15 is 0 Å². The molecule has 184 valence electrons. The third-order valence-corrected chi connectivity index (χ3v) is 8.43. The van der Waals surface area contributed by atoms with E-state index in [9.17, 15) is 12.8 Å². The molecule has 0 spiro atoms. The first-order valence-electron chi connectivity index (χ1n) is 11.7. The summed E-state index contributed by atoms with van der Waals surface area (Å²) in [7, 11) is -3.23. The highest BCUT2D eigenvalue weighted by atomic mass is 32.2. The standard InChI is InChI=1S/C23H27FN8O2S/c1-3-35(33,34)31-11-9-30(10-12-31)20-13-17(24)14-21(29-20)32-8-5-19-18(16(32)2)15-27-23(28-19)22-25-6-4-7-26-22/h4,6-7,13-16H,3,5,8-12H2,1-2H3. The SMILES string of the molecule is CCS(=O)(=O)N1CCN(c2cc(F)cc(N3CCc4nc(-c5ncccn5)ncc4C3C)n2)CC1. The number of halogens is 1. The van der Waals surface area contributed by atoms with Crippen LogP contribution in [0.15, 0.2) is 36.8 Å². The van der Waals surface area contributed by atoms with E-state index in [1.54, 1.807) is 31.6 Å². The minimum atomic E-state index is -3.23.